The van der Waals surface area contributed by atoms with Crippen LogP contribution in [0.2, 0.25) is 0 Å². The van der Waals surface area contributed by atoms with Crippen LogP contribution in [0, 0.1) is 11.8 Å². The minimum atomic E-state index is -0.531. The fourth-order valence-electron chi connectivity index (χ4n) is 4.35. The Kier molecular flexibility index (Phi) is 7.65. The molecule has 9 heteroatoms. The van der Waals surface area contributed by atoms with Crippen LogP contribution in [0.25, 0.3) is 0 Å². The molecule has 9 nitrogen and oxygen atoms in total. The number of carbonyl (C=O) groups is 3. The highest BCUT2D eigenvalue weighted by molar-refractivity contribution is 5.90. The maximum Gasteiger partial charge on any atom is 0.242 e. The van der Waals surface area contributed by atoms with Crippen LogP contribution in [0.4, 0.5) is 0 Å². The highest BCUT2D eigenvalue weighted by atomic mass is 16.5. The zero-order valence-corrected chi connectivity index (χ0v) is 16.6. The van der Waals surface area contributed by atoms with Crippen LogP contribution >= 0.6 is 0 Å². The van der Waals surface area contributed by atoms with Crippen molar-refractivity contribution in [3.05, 3.63) is 24.3 Å². The largest absolute Gasteiger partial charge is 0.297 e. The lowest BCUT2D eigenvalue weighted by molar-refractivity contribution is -0.159. The van der Waals surface area contributed by atoms with Gasteiger partial charge in [-0.1, -0.05) is 25.7 Å². The van der Waals surface area contributed by atoms with E-state index in [1.807, 2.05) is 0 Å². The molecule has 2 aliphatic rings. The van der Waals surface area contributed by atoms with Gasteiger partial charge in [-0.15, -0.1) is 0 Å². The molecule has 1 saturated heterocycles. The van der Waals surface area contributed by atoms with Crippen molar-refractivity contribution in [1.82, 2.24) is 25.5 Å². The van der Waals surface area contributed by atoms with Crippen LogP contribution in [0.1, 0.15) is 50.6 Å². The molecule has 1 aromatic rings. The zero-order chi connectivity index (χ0) is 20.6. The topological polar surface area (TPSA) is 116 Å². The maximum atomic E-state index is 13.2. The van der Waals surface area contributed by atoms with Crippen molar-refractivity contribution in [1.29, 1.82) is 0 Å². The zero-order valence-electron chi connectivity index (χ0n) is 16.6. The molecule has 29 heavy (non-hydrogen) atoms. The van der Waals surface area contributed by atoms with E-state index in [1.54, 1.807) is 12.3 Å². The minimum absolute atomic E-state index is 0.0159. The highest BCUT2D eigenvalue weighted by Gasteiger charge is 2.38. The van der Waals surface area contributed by atoms with Crippen LogP contribution in [-0.4, -0.2) is 62.5 Å². The molecule has 0 radical (unpaired) electrons. The quantitative estimate of drug-likeness (QED) is 0.342. The first-order chi connectivity index (χ1) is 14.1. The SMILES string of the molecule is O=CN(O)C[C@@H](CC1CCCC1)C(=O)N1NCC[C@H]1C(=O)CCc1ccncn1. The van der Waals surface area contributed by atoms with E-state index in [-0.39, 0.29) is 18.2 Å². The Bertz CT molecular complexity index is 695. The second-order valence-corrected chi connectivity index (χ2v) is 7.90. The van der Waals surface area contributed by atoms with Crippen molar-refractivity contribution in [2.24, 2.45) is 11.8 Å². The van der Waals surface area contributed by atoms with Crippen molar-refractivity contribution in [2.75, 3.05) is 13.1 Å². The van der Waals surface area contributed by atoms with Crippen molar-refractivity contribution < 1.29 is 19.6 Å². The number of Topliss-reactive ketones (excluding diaryl/α,β-unsaturated/α-hetero) is 1. The number of hydrogen-bond donors (Lipinski definition) is 2. The van der Waals surface area contributed by atoms with Crippen molar-refractivity contribution in [2.45, 2.75) is 57.4 Å². The molecule has 1 aliphatic carbocycles. The number of amides is 2. The molecule has 2 N–H and O–H groups in total. The van der Waals surface area contributed by atoms with Gasteiger partial charge in [0, 0.05) is 24.9 Å². The summed E-state index contributed by atoms with van der Waals surface area (Å²) in [6.07, 6.45) is 9.79. The number of rotatable bonds is 10. The Hall–Kier alpha value is -2.39. The molecule has 0 aromatic carbocycles. The van der Waals surface area contributed by atoms with Crippen molar-refractivity contribution >= 4 is 18.1 Å². The van der Waals surface area contributed by atoms with E-state index in [0.29, 0.717) is 49.6 Å². The first-order valence-corrected chi connectivity index (χ1v) is 10.3. The lowest BCUT2D eigenvalue weighted by atomic mass is 9.91. The summed E-state index contributed by atoms with van der Waals surface area (Å²) >= 11 is 0. The number of hydrazine groups is 1. The molecule has 2 amide bonds. The standard InChI is InChI=1S/C20H29N5O4/c26-14-24(29)12-16(11-15-3-1-2-4-15)20(28)25-18(8-10-23-25)19(27)6-5-17-7-9-21-13-22-17/h7,9,13-16,18,23,29H,1-6,8,10-12H2/t16-,18+/m1/s1. The van der Waals surface area contributed by atoms with Crippen LogP contribution in [0.3, 0.4) is 0 Å². The smallest absolute Gasteiger partial charge is 0.242 e. The van der Waals surface area contributed by atoms with Crippen LogP contribution in [0.15, 0.2) is 18.6 Å². The normalized spacial score (nSPS) is 20.6. The van der Waals surface area contributed by atoms with Gasteiger partial charge in [0.15, 0.2) is 5.78 Å². The fourth-order valence-corrected chi connectivity index (χ4v) is 4.35. The minimum Gasteiger partial charge on any atom is -0.297 e. The van der Waals surface area contributed by atoms with Gasteiger partial charge in [-0.2, -0.15) is 0 Å². The molecule has 2 heterocycles. The summed E-state index contributed by atoms with van der Waals surface area (Å²) < 4.78 is 0. The summed E-state index contributed by atoms with van der Waals surface area (Å²) in [6.45, 7) is 0.487. The van der Waals surface area contributed by atoms with Crippen molar-refractivity contribution in [3.63, 3.8) is 0 Å². The van der Waals surface area contributed by atoms with E-state index in [2.05, 4.69) is 15.4 Å². The Morgan fingerprint density at radius 2 is 2.14 bits per heavy atom. The Balaban J connectivity index is 1.63. The third-order valence-corrected chi connectivity index (χ3v) is 5.86. The van der Waals surface area contributed by atoms with Crippen LogP contribution < -0.4 is 5.43 Å². The van der Waals surface area contributed by atoms with Crippen LogP contribution in [0.5, 0.6) is 0 Å². The first-order valence-electron chi connectivity index (χ1n) is 10.3. The average Bonchev–Trinajstić information content (AvgIpc) is 3.43. The second kappa shape index (κ2) is 10.4. The monoisotopic (exact) mass is 403 g/mol. The van der Waals surface area contributed by atoms with Gasteiger partial charge in [-0.25, -0.2) is 20.5 Å². The Morgan fingerprint density at radius 1 is 1.34 bits per heavy atom. The van der Waals surface area contributed by atoms with Gasteiger partial charge < -0.3 is 0 Å². The number of hydrogen-bond acceptors (Lipinski definition) is 7. The van der Waals surface area contributed by atoms with Gasteiger partial charge in [-0.3, -0.25) is 24.6 Å². The third kappa shape index (κ3) is 5.80. The molecule has 3 rings (SSSR count). The maximum absolute atomic E-state index is 13.2. The average molecular weight is 403 g/mol. The number of nitrogens with one attached hydrogen (secondary N) is 1. The summed E-state index contributed by atoms with van der Waals surface area (Å²) in [5.41, 5.74) is 3.82. The van der Waals surface area contributed by atoms with E-state index >= 15 is 0 Å². The Labute approximate surface area is 170 Å². The number of carbonyl (C=O) groups excluding carboxylic acids is 3. The lowest BCUT2D eigenvalue weighted by Gasteiger charge is -2.30. The summed E-state index contributed by atoms with van der Waals surface area (Å²) in [7, 11) is 0. The number of aryl methyl sites for hydroxylation is 1. The summed E-state index contributed by atoms with van der Waals surface area (Å²) in [5.74, 6) is -0.358. The predicted octanol–water partition coefficient (Wildman–Crippen LogP) is 1.13. The molecule has 2 atom stereocenters. The molecule has 2 fully saturated rings. The molecule has 1 aliphatic heterocycles. The van der Waals surface area contributed by atoms with Crippen molar-refractivity contribution in [3.8, 4) is 0 Å². The number of hydroxylamine groups is 2. The van der Waals surface area contributed by atoms with Gasteiger partial charge >= 0.3 is 0 Å². The molecule has 1 saturated carbocycles. The summed E-state index contributed by atoms with van der Waals surface area (Å²) in [6, 6.07) is 1.24. The van der Waals surface area contributed by atoms with E-state index in [4.69, 9.17) is 0 Å². The van der Waals surface area contributed by atoms with E-state index in [1.165, 1.54) is 11.3 Å². The van der Waals surface area contributed by atoms with Gasteiger partial charge in [-0.05, 0) is 31.2 Å². The van der Waals surface area contributed by atoms with E-state index in [9.17, 15) is 19.6 Å². The van der Waals surface area contributed by atoms with E-state index in [0.717, 1.165) is 31.4 Å². The molecular weight excluding hydrogens is 374 g/mol. The molecule has 0 unspecified atom stereocenters. The second-order valence-electron chi connectivity index (χ2n) is 7.90. The molecule has 0 spiro atoms. The molecule has 0 bridgehead atoms. The Morgan fingerprint density at radius 3 is 2.83 bits per heavy atom. The van der Waals surface area contributed by atoms with Gasteiger partial charge in [0.1, 0.15) is 12.4 Å². The highest BCUT2D eigenvalue weighted by Crippen LogP contribution is 2.31. The fraction of sp³-hybridized carbons (Fsp3) is 0.650. The third-order valence-electron chi connectivity index (χ3n) is 5.86. The predicted molar refractivity (Wildman–Crippen MR) is 103 cm³/mol. The summed E-state index contributed by atoms with van der Waals surface area (Å²) in [5, 5.41) is 11.6. The lowest BCUT2D eigenvalue weighted by Crippen LogP contribution is -2.50. The van der Waals surface area contributed by atoms with Gasteiger partial charge in [0.2, 0.25) is 12.3 Å². The molecule has 158 valence electrons. The van der Waals surface area contributed by atoms with Gasteiger partial charge in [0.25, 0.3) is 0 Å². The number of aromatic nitrogens is 2. The molecule has 1 aromatic heterocycles. The van der Waals surface area contributed by atoms with E-state index < -0.39 is 12.0 Å². The van der Waals surface area contributed by atoms with Crippen LogP contribution in [-0.2, 0) is 20.8 Å². The first kappa shape index (κ1) is 21.3. The molecular formula is C20H29N5O4. The number of nitrogens with zero attached hydrogens (tertiary/aromatic N) is 4. The number of ketones is 1. The van der Waals surface area contributed by atoms with Gasteiger partial charge in [0.05, 0.1) is 12.5 Å². The summed E-state index contributed by atoms with van der Waals surface area (Å²) in [4.78, 5) is 44.9.